The van der Waals surface area contributed by atoms with Gasteiger partial charge in [-0.1, -0.05) is 38.1 Å². The van der Waals surface area contributed by atoms with E-state index in [9.17, 15) is 4.79 Å². The highest BCUT2D eigenvalue weighted by Gasteiger charge is 2.32. The van der Waals surface area contributed by atoms with Gasteiger partial charge in [0.25, 0.3) is 11.7 Å². The van der Waals surface area contributed by atoms with Gasteiger partial charge in [-0.25, -0.2) is 9.50 Å². The Kier molecular flexibility index (Phi) is 4.18. The Bertz CT molecular complexity index is 962. The molecule has 3 heterocycles. The van der Waals surface area contributed by atoms with Crippen LogP contribution in [0.2, 0.25) is 0 Å². The minimum Gasteiger partial charge on any atom is -0.330 e. The maximum atomic E-state index is 13.3. The Hall–Kier alpha value is -2.76. The first-order valence-electron chi connectivity index (χ1n) is 9.13. The van der Waals surface area contributed by atoms with E-state index in [1.54, 1.807) is 4.52 Å². The van der Waals surface area contributed by atoms with E-state index in [4.69, 9.17) is 0 Å². The van der Waals surface area contributed by atoms with Crippen LogP contribution in [0.5, 0.6) is 0 Å². The summed E-state index contributed by atoms with van der Waals surface area (Å²) in [6, 6.07) is 10.3. The van der Waals surface area contributed by atoms with Crippen molar-refractivity contribution in [2.24, 2.45) is 0 Å². The number of hydrogen-bond donors (Lipinski definition) is 0. The maximum Gasteiger partial charge on any atom is 0.273 e. The van der Waals surface area contributed by atoms with Crippen LogP contribution in [0.25, 0.3) is 5.78 Å². The molecule has 0 spiro atoms. The van der Waals surface area contributed by atoms with Crippen LogP contribution in [-0.4, -0.2) is 36.9 Å². The Morgan fingerprint density at radius 1 is 1.27 bits per heavy atom. The molecule has 4 rings (SSSR count). The molecule has 2 aromatic heterocycles. The average Bonchev–Trinajstić information content (AvgIpc) is 3.29. The highest BCUT2D eigenvalue weighted by molar-refractivity contribution is 5.93. The number of carbonyl (C=O) groups excluding carboxylic acids is 1. The molecule has 6 heteroatoms. The number of aryl methyl sites for hydroxylation is 1. The summed E-state index contributed by atoms with van der Waals surface area (Å²) >= 11 is 0. The van der Waals surface area contributed by atoms with Gasteiger partial charge in [-0.2, -0.15) is 10.1 Å². The largest absolute Gasteiger partial charge is 0.330 e. The van der Waals surface area contributed by atoms with Crippen LogP contribution in [0.4, 0.5) is 0 Å². The molecule has 0 bridgehead atoms. The number of carbonyl (C=O) groups is 1. The second-order valence-electron chi connectivity index (χ2n) is 7.21. The highest BCUT2D eigenvalue weighted by Crippen LogP contribution is 2.34. The molecular weight excluding hydrogens is 326 g/mol. The lowest BCUT2D eigenvalue weighted by molar-refractivity contribution is 0.0729. The standard InChI is InChI=1S/C20H23N5O/c1-13(2)18-11-16(23-20-21-12-22-25(18)20)19(26)24-10-6-9-17(24)15-8-5-4-7-14(15)3/h4-5,7-8,11-13,17H,6,9-10H2,1-3H3. The highest BCUT2D eigenvalue weighted by atomic mass is 16.2. The summed E-state index contributed by atoms with van der Waals surface area (Å²) in [4.78, 5) is 23.9. The maximum absolute atomic E-state index is 13.3. The monoisotopic (exact) mass is 349 g/mol. The van der Waals surface area contributed by atoms with Crippen LogP contribution in [0.1, 0.15) is 66.0 Å². The van der Waals surface area contributed by atoms with Crippen molar-refractivity contribution >= 4 is 11.7 Å². The van der Waals surface area contributed by atoms with Crippen LogP contribution < -0.4 is 0 Å². The van der Waals surface area contributed by atoms with Crippen LogP contribution in [-0.2, 0) is 0 Å². The van der Waals surface area contributed by atoms with Gasteiger partial charge in [0.1, 0.15) is 12.0 Å². The van der Waals surface area contributed by atoms with E-state index < -0.39 is 0 Å². The van der Waals surface area contributed by atoms with Crippen molar-refractivity contribution in [3.8, 4) is 0 Å². The van der Waals surface area contributed by atoms with Crippen molar-refractivity contribution in [3.05, 3.63) is 59.2 Å². The lowest BCUT2D eigenvalue weighted by Crippen LogP contribution is -2.32. The smallest absolute Gasteiger partial charge is 0.273 e. The lowest BCUT2D eigenvalue weighted by atomic mass is 9.99. The molecule has 1 aliphatic heterocycles. The molecule has 6 nitrogen and oxygen atoms in total. The van der Waals surface area contributed by atoms with Crippen molar-refractivity contribution in [3.63, 3.8) is 0 Å². The number of likely N-dealkylation sites (tertiary alicyclic amines) is 1. The minimum atomic E-state index is -0.0249. The first kappa shape index (κ1) is 16.7. The lowest BCUT2D eigenvalue weighted by Gasteiger charge is -2.26. The van der Waals surface area contributed by atoms with Gasteiger partial charge in [-0.3, -0.25) is 4.79 Å². The number of fused-ring (bicyclic) bond motifs is 1. The molecule has 1 atom stereocenters. The van der Waals surface area contributed by atoms with Gasteiger partial charge in [-0.15, -0.1) is 0 Å². The van der Waals surface area contributed by atoms with E-state index in [2.05, 4.69) is 48.0 Å². The van der Waals surface area contributed by atoms with Gasteiger partial charge >= 0.3 is 0 Å². The first-order valence-corrected chi connectivity index (χ1v) is 9.13. The third-order valence-corrected chi connectivity index (χ3v) is 5.15. The first-order chi connectivity index (χ1) is 12.6. The molecule has 1 aromatic carbocycles. The van der Waals surface area contributed by atoms with Crippen LogP contribution in [0.3, 0.4) is 0 Å². The normalized spacial score (nSPS) is 17.4. The third kappa shape index (κ3) is 2.75. The van der Waals surface area contributed by atoms with Crippen molar-refractivity contribution in [2.45, 2.75) is 45.6 Å². The molecular formula is C20H23N5O. The van der Waals surface area contributed by atoms with Gasteiger partial charge in [0, 0.05) is 6.54 Å². The summed E-state index contributed by atoms with van der Waals surface area (Å²) < 4.78 is 1.71. The average molecular weight is 349 g/mol. The fourth-order valence-electron chi connectivity index (χ4n) is 3.80. The zero-order valence-corrected chi connectivity index (χ0v) is 15.4. The topological polar surface area (TPSA) is 63.4 Å². The van der Waals surface area contributed by atoms with E-state index in [0.717, 1.165) is 25.1 Å². The number of amides is 1. The SMILES string of the molecule is Cc1ccccc1C1CCCN1C(=O)c1cc(C(C)C)n2ncnc2n1. The van der Waals surface area contributed by atoms with Gasteiger partial charge in [0.2, 0.25) is 0 Å². The second-order valence-corrected chi connectivity index (χ2v) is 7.21. The molecule has 0 saturated carbocycles. The molecule has 1 amide bonds. The van der Waals surface area contributed by atoms with Gasteiger partial charge < -0.3 is 4.90 Å². The molecule has 3 aromatic rings. The van der Waals surface area contributed by atoms with Crippen molar-refractivity contribution in [2.75, 3.05) is 6.54 Å². The Morgan fingerprint density at radius 3 is 2.85 bits per heavy atom. The molecule has 1 unspecified atom stereocenters. The van der Waals surface area contributed by atoms with E-state index in [1.165, 1.54) is 17.5 Å². The van der Waals surface area contributed by atoms with Crippen molar-refractivity contribution in [1.29, 1.82) is 0 Å². The second kappa shape index (κ2) is 6.52. The zero-order chi connectivity index (χ0) is 18.3. The van der Waals surface area contributed by atoms with Gasteiger partial charge in [0.15, 0.2) is 0 Å². The number of rotatable bonds is 3. The van der Waals surface area contributed by atoms with E-state index >= 15 is 0 Å². The van der Waals surface area contributed by atoms with Crippen LogP contribution in [0.15, 0.2) is 36.7 Å². The summed E-state index contributed by atoms with van der Waals surface area (Å²) in [5.41, 5.74) is 3.85. The van der Waals surface area contributed by atoms with Crippen LogP contribution in [0, 0.1) is 6.92 Å². The molecule has 26 heavy (non-hydrogen) atoms. The summed E-state index contributed by atoms with van der Waals surface area (Å²) in [6.45, 7) is 7.02. The Morgan fingerprint density at radius 2 is 2.08 bits per heavy atom. The quantitative estimate of drug-likeness (QED) is 0.725. The summed E-state index contributed by atoms with van der Waals surface area (Å²) in [6.07, 6.45) is 3.48. The molecule has 1 saturated heterocycles. The summed E-state index contributed by atoms with van der Waals surface area (Å²) in [5, 5.41) is 4.23. The van der Waals surface area contributed by atoms with Crippen LogP contribution >= 0.6 is 0 Å². The molecule has 1 fully saturated rings. The van der Waals surface area contributed by atoms with Gasteiger partial charge in [0.05, 0.1) is 11.7 Å². The number of hydrogen-bond acceptors (Lipinski definition) is 4. The molecule has 0 aliphatic carbocycles. The van der Waals surface area contributed by atoms with Crippen molar-refractivity contribution in [1.82, 2.24) is 24.5 Å². The van der Waals surface area contributed by atoms with E-state index in [-0.39, 0.29) is 17.9 Å². The fourth-order valence-corrected chi connectivity index (χ4v) is 3.80. The third-order valence-electron chi connectivity index (χ3n) is 5.15. The predicted octanol–water partition coefficient (Wildman–Crippen LogP) is 3.53. The Labute approximate surface area is 152 Å². The van der Waals surface area contributed by atoms with Crippen molar-refractivity contribution < 1.29 is 4.79 Å². The van der Waals surface area contributed by atoms with E-state index in [0.29, 0.717) is 11.5 Å². The molecule has 0 N–H and O–H groups in total. The van der Waals surface area contributed by atoms with Gasteiger partial charge in [-0.05, 0) is 42.9 Å². The minimum absolute atomic E-state index is 0.0249. The number of aromatic nitrogens is 4. The molecule has 1 aliphatic rings. The summed E-state index contributed by atoms with van der Waals surface area (Å²) in [5.74, 6) is 0.675. The summed E-state index contributed by atoms with van der Waals surface area (Å²) in [7, 11) is 0. The molecule has 0 radical (unpaired) electrons. The number of benzene rings is 1. The fraction of sp³-hybridized carbons (Fsp3) is 0.400. The number of nitrogens with zero attached hydrogens (tertiary/aromatic N) is 5. The Balaban J connectivity index is 1.73. The predicted molar refractivity (Wildman–Crippen MR) is 99.1 cm³/mol. The van der Waals surface area contributed by atoms with E-state index in [1.807, 2.05) is 23.1 Å². The molecule has 134 valence electrons. The zero-order valence-electron chi connectivity index (χ0n) is 15.4.